The Morgan fingerprint density at radius 3 is 2.60 bits per heavy atom. The van der Waals surface area contributed by atoms with Crippen LogP contribution in [0, 0.1) is 0 Å². The molecule has 0 saturated carbocycles. The number of nitrogens with zero attached hydrogens (tertiary/aromatic N) is 1. The lowest BCUT2D eigenvalue weighted by Crippen LogP contribution is -2.25. The Hall–Kier alpha value is -3.03. The Balaban J connectivity index is 1.37. The predicted molar refractivity (Wildman–Crippen MR) is 132 cm³/mol. The number of hydrogen-bond acceptors (Lipinski definition) is 10. The summed E-state index contributed by atoms with van der Waals surface area (Å²) in [5, 5.41) is 32.5. The van der Waals surface area contributed by atoms with E-state index in [-0.39, 0.29) is 47.4 Å². The van der Waals surface area contributed by atoms with Crippen LogP contribution in [0.3, 0.4) is 0 Å². The van der Waals surface area contributed by atoms with Gasteiger partial charge in [-0.3, -0.25) is 23.0 Å². The zero-order valence-corrected chi connectivity index (χ0v) is 20.1. The summed E-state index contributed by atoms with van der Waals surface area (Å²) in [6.45, 7) is 2.06. The minimum absolute atomic E-state index is 0.0889. The van der Waals surface area contributed by atoms with Gasteiger partial charge in [-0.2, -0.15) is 4.72 Å². The lowest BCUT2D eigenvalue weighted by Gasteiger charge is -2.36. The van der Waals surface area contributed by atoms with Gasteiger partial charge in [-0.1, -0.05) is 23.1 Å². The molecule has 192 valence electrons. The van der Waals surface area contributed by atoms with Crippen LogP contribution in [0.1, 0.15) is 42.1 Å². The molecule has 1 atom stereocenters. The second-order valence-electron chi connectivity index (χ2n) is 8.15. The summed E-state index contributed by atoms with van der Waals surface area (Å²) >= 11 is 0. The fourth-order valence-electron chi connectivity index (χ4n) is 3.69. The fourth-order valence-corrected chi connectivity index (χ4v) is 5.04. The third-order valence-electron chi connectivity index (χ3n) is 5.40. The minimum Gasteiger partial charge on any atom is -0.507 e. The largest absolute Gasteiger partial charge is 0.507 e. The highest BCUT2D eigenvalue weighted by Crippen LogP contribution is 2.49. The summed E-state index contributed by atoms with van der Waals surface area (Å²) in [4.78, 5) is 23.8. The maximum Gasteiger partial charge on any atom is 0.220 e. The predicted octanol–water partition coefficient (Wildman–Crippen LogP) is 2.52. The van der Waals surface area contributed by atoms with Gasteiger partial charge in [0.05, 0.1) is 13.2 Å². The molecule has 1 unspecified atom stereocenters. The lowest BCUT2D eigenvalue weighted by atomic mass is 10.1. The smallest absolute Gasteiger partial charge is 0.220 e. The highest BCUT2D eigenvalue weighted by atomic mass is 32.3. The van der Waals surface area contributed by atoms with Gasteiger partial charge in [-0.05, 0) is 56.0 Å². The van der Waals surface area contributed by atoms with Gasteiger partial charge in [-0.25, -0.2) is 0 Å². The Morgan fingerprint density at radius 1 is 1.17 bits per heavy atom. The molecule has 11 nitrogen and oxygen atoms in total. The summed E-state index contributed by atoms with van der Waals surface area (Å²) < 4.78 is 28.9. The second kappa shape index (κ2) is 11.6. The van der Waals surface area contributed by atoms with Gasteiger partial charge < -0.3 is 25.4 Å². The first kappa shape index (κ1) is 26.6. The van der Waals surface area contributed by atoms with Crippen molar-refractivity contribution in [1.82, 2.24) is 10.0 Å². The molecule has 12 heteroatoms. The van der Waals surface area contributed by atoms with E-state index < -0.39 is 17.2 Å². The van der Waals surface area contributed by atoms with Crippen LogP contribution < -0.4 is 19.1 Å². The quantitative estimate of drug-likeness (QED) is 0.176. The van der Waals surface area contributed by atoms with Crippen LogP contribution in [0.5, 0.6) is 17.2 Å². The maximum atomic E-state index is 12.1. The van der Waals surface area contributed by atoms with Gasteiger partial charge >= 0.3 is 0 Å². The monoisotopic (exact) mass is 509 g/mol. The van der Waals surface area contributed by atoms with Crippen molar-refractivity contribution in [3.05, 3.63) is 47.5 Å². The number of amides is 1. The van der Waals surface area contributed by atoms with Crippen LogP contribution in [-0.2, 0) is 11.2 Å². The number of unbranched alkanes of at least 4 members (excludes halogenated alkanes) is 1. The van der Waals surface area contributed by atoms with E-state index in [2.05, 4.69) is 10.0 Å². The number of aryl methyl sites for hydroxylation is 1. The number of nitrogens with one attached hydrogen (secondary N) is 2. The molecule has 1 saturated heterocycles. The van der Waals surface area contributed by atoms with Crippen molar-refractivity contribution in [2.24, 2.45) is 0 Å². The SMILES string of the molecule is CC(=O)c1c(O)cccc1OCCCCNC(=O)CCc1ccc(N2CC(O)NS2(O)O)c(O)c1. The number of rotatable bonds is 11. The first-order chi connectivity index (χ1) is 16.6. The molecule has 35 heavy (non-hydrogen) atoms. The van der Waals surface area contributed by atoms with E-state index >= 15 is 0 Å². The number of Topliss-reactive ketones (excluding diaryl/α,β-unsaturated/α-hetero) is 1. The standard InChI is InChI=1S/C23H31N3O8S/c1-15(27)23-18(28)5-4-6-20(23)34-12-3-2-11-24-21(30)10-8-16-7-9-17(19(29)13-16)26-14-22(31)25-35(26,32)33/h4-7,9,13,22,25,28-29,31-33H,2-3,8,10-12,14H2,1H3,(H,24,30). The van der Waals surface area contributed by atoms with Crippen LogP contribution in [0.4, 0.5) is 5.69 Å². The van der Waals surface area contributed by atoms with Crippen LogP contribution in [0.15, 0.2) is 36.4 Å². The molecule has 1 fully saturated rings. The zero-order valence-electron chi connectivity index (χ0n) is 19.3. The van der Waals surface area contributed by atoms with Gasteiger partial charge in [0.25, 0.3) is 0 Å². The van der Waals surface area contributed by atoms with E-state index in [4.69, 9.17) is 4.74 Å². The molecule has 7 N–H and O–H groups in total. The highest BCUT2D eigenvalue weighted by Gasteiger charge is 2.36. The summed E-state index contributed by atoms with van der Waals surface area (Å²) in [5.41, 5.74) is 1.03. The van der Waals surface area contributed by atoms with Crippen molar-refractivity contribution in [3.63, 3.8) is 0 Å². The maximum absolute atomic E-state index is 12.1. The number of carbonyl (C=O) groups excluding carboxylic acids is 2. The van der Waals surface area contributed by atoms with E-state index in [0.29, 0.717) is 43.7 Å². The number of ether oxygens (including phenoxy) is 1. The number of anilines is 1. The number of ketones is 1. The summed E-state index contributed by atoms with van der Waals surface area (Å²) in [6.07, 6.45) is 0.767. The van der Waals surface area contributed by atoms with E-state index in [9.17, 15) is 34.0 Å². The topological polar surface area (TPSA) is 172 Å². The second-order valence-corrected chi connectivity index (χ2v) is 9.86. The summed E-state index contributed by atoms with van der Waals surface area (Å²) in [6, 6.07) is 9.31. The number of aliphatic hydroxyl groups is 1. The van der Waals surface area contributed by atoms with Crippen LogP contribution in [-0.4, -0.2) is 62.0 Å². The molecular formula is C23H31N3O8S. The Labute approximate surface area is 205 Å². The van der Waals surface area contributed by atoms with E-state index in [0.717, 1.165) is 4.31 Å². The number of phenolic OH excluding ortho intramolecular Hbond substituents is 2. The van der Waals surface area contributed by atoms with Crippen molar-refractivity contribution in [2.75, 3.05) is 24.0 Å². The number of benzene rings is 2. The third-order valence-corrected chi connectivity index (χ3v) is 6.95. The molecule has 1 aliphatic rings. The molecule has 0 bridgehead atoms. The van der Waals surface area contributed by atoms with Crippen LogP contribution in [0.25, 0.3) is 0 Å². The minimum atomic E-state index is -3.42. The van der Waals surface area contributed by atoms with Gasteiger partial charge in [0.15, 0.2) is 5.78 Å². The number of aromatic hydroxyl groups is 2. The zero-order chi connectivity index (χ0) is 25.6. The molecule has 0 aliphatic carbocycles. The molecule has 2 aromatic carbocycles. The molecule has 1 amide bonds. The van der Waals surface area contributed by atoms with Crippen molar-refractivity contribution in [1.29, 1.82) is 0 Å². The van der Waals surface area contributed by atoms with Crippen molar-refractivity contribution in [3.8, 4) is 17.2 Å². The number of hydrogen-bond donors (Lipinski definition) is 7. The number of β-amino-alcohol motifs (C(OH)–C–C–N with tert-alkyl or cyclic N) is 1. The molecule has 0 aromatic heterocycles. The van der Waals surface area contributed by atoms with Gasteiger partial charge in [0, 0.05) is 13.0 Å². The van der Waals surface area contributed by atoms with Crippen molar-refractivity contribution < 1.29 is 38.8 Å². The first-order valence-corrected chi connectivity index (χ1v) is 12.6. The van der Waals surface area contributed by atoms with Gasteiger partial charge in [0.1, 0.15) is 34.7 Å². The molecule has 3 rings (SSSR count). The summed E-state index contributed by atoms with van der Waals surface area (Å²) in [7, 11) is -3.42. The highest BCUT2D eigenvalue weighted by molar-refractivity contribution is 8.24. The third kappa shape index (κ3) is 6.99. The van der Waals surface area contributed by atoms with Gasteiger partial charge in [-0.15, -0.1) is 0 Å². The number of phenols is 2. The molecule has 1 heterocycles. The van der Waals surface area contributed by atoms with E-state index in [1.54, 1.807) is 18.2 Å². The Kier molecular flexibility index (Phi) is 8.81. The average molecular weight is 510 g/mol. The first-order valence-electron chi connectivity index (χ1n) is 11.1. The van der Waals surface area contributed by atoms with Crippen molar-refractivity contribution >= 4 is 28.3 Å². The normalized spacial score (nSPS) is 17.7. The molecule has 0 spiro atoms. The molecule has 0 radical (unpaired) electrons. The summed E-state index contributed by atoms with van der Waals surface area (Å²) in [5.74, 6) is -0.400. The van der Waals surface area contributed by atoms with E-state index in [1.807, 2.05) is 0 Å². The molecular weight excluding hydrogens is 478 g/mol. The van der Waals surface area contributed by atoms with E-state index in [1.165, 1.54) is 25.1 Å². The molecule has 2 aromatic rings. The van der Waals surface area contributed by atoms with Gasteiger partial charge in [0.2, 0.25) is 5.91 Å². The Morgan fingerprint density at radius 2 is 1.94 bits per heavy atom. The van der Waals surface area contributed by atoms with Crippen LogP contribution >= 0.6 is 11.0 Å². The number of aliphatic hydroxyl groups excluding tert-OH is 1. The lowest BCUT2D eigenvalue weighted by molar-refractivity contribution is -0.121. The van der Waals surface area contributed by atoms with Crippen molar-refractivity contribution in [2.45, 2.75) is 38.8 Å². The van der Waals surface area contributed by atoms with Crippen LogP contribution in [0.2, 0.25) is 0 Å². The number of carbonyl (C=O) groups is 2. The average Bonchev–Trinajstić information content (AvgIpc) is 3.06. The molecule has 1 aliphatic heterocycles. The fraction of sp³-hybridized carbons (Fsp3) is 0.391. The Bertz CT molecular complexity index is 1070.